The fraction of sp³-hybridized carbons (Fsp3) is 0.667. The van der Waals surface area contributed by atoms with E-state index in [0.29, 0.717) is 0 Å². The fourth-order valence-electron chi connectivity index (χ4n) is 2.68. The molecule has 2 rings (SSSR count). The van der Waals surface area contributed by atoms with Crippen LogP contribution in [0, 0.1) is 0 Å². The molecule has 1 unspecified atom stereocenters. The van der Waals surface area contributed by atoms with Gasteiger partial charge < -0.3 is 15.5 Å². The number of piperidine rings is 1. The highest BCUT2D eigenvalue weighted by Gasteiger charge is 2.16. The third-order valence-electron chi connectivity index (χ3n) is 3.92. The molecule has 1 aromatic rings. The van der Waals surface area contributed by atoms with E-state index in [4.69, 9.17) is 0 Å². The van der Waals surface area contributed by atoms with Gasteiger partial charge in [-0.25, -0.2) is 0 Å². The predicted octanol–water partition coefficient (Wildman–Crippen LogP) is 2.80. The standard InChI is InChI=1S/C15H26N4/c1-13-6-3-4-8-19(13)9-5-7-18-15-10-14(16-2)11-17-12-15/h10-13,16,18H,3-9H2,1-2H3. The van der Waals surface area contributed by atoms with Crippen molar-refractivity contribution in [3.05, 3.63) is 18.5 Å². The number of aromatic nitrogens is 1. The summed E-state index contributed by atoms with van der Waals surface area (Å²) in [6.45, 7) is 5.84. The maximum absolute atomic E-state index is 4.20. The maximum Gasteiger partial charge on any atom is 0.0547 e. The van der Waals surface area contributed by atoms with E-state index in [1.54, 1.807) is 0 Å². The van der Waals surface area contributed by atoms with Crippen LogP contribution in [0.15, 0.2) is 18.5 Å². The Balaban J connectivity index is 1.68. The van der Waals surface area contributed by atoms with Gasteiger partial charge in [-0.05, 0) is 38.8 Å². The summed E-state index contributed by atoms with van der Waals surface area (Å²) in [5, 5.41) is 6.55. The van der Waals surface area contributed by atoms with Gasteiger partial charge >= 0.3 is 0 Å². The summed E-state index contributed by atoms with van der Waals surface area (Å²) in [4.78, 5) is 6.82. The molecule has 0 saturated carbocycles. The van der Waals surface area contributed by atoms with Crippen molar-refractivity contribution in [2.75, 3.05) is 37.3 Å². The molecule has 106 valence electrons. The molecule has 1 aromatic heterocycles. The number of pyridine rings is 1. The third kappa shape index (κ3) is 4.39. The van der Waals surface area contributed by atoms with Crippen LogP contribution in [0.25, 0.3) is 0 Å². The van der Waals surface area contributed by atoms with Gasteiger partial charge in [0, 0.05) is 26.2 Å². The van der Waals surface area contributed by atoms with Crippen molar-refractivity contribution in [2.45, 2.75) is 38.6 Å². The number of nitrogens with one attached hydrogen (secondary N) is 2. The molecule has 0 radical (unpaired) electrons. The second-order valence-electron chi connectivity index (χ2n) is 5.37. The molecule has 19 heavy (non-hydrogen) atoms. The minimum absolute atomic E-state index is 0.767. The first-order valence-electron chi connectivity index (χ1n) is 7.40. The molecular formula is C15H26N4. The topological polar surface area (TPSA) is 40.2 Å². The van der Waals surface area contributed by atoms with Crippen LogP contribution < -0.4 is 10.6 Å². The number of hydrogen-bond donors (Lipinski definition) is 2. The molecule has 0 spiro atoms. The number of nitrogens with zero attached hydrogens (tertiary/aromatic N) is 2. The lowest BCUT2D eigenvalue weighted by Crippen LogP contribution is -2.38. The second-order valence-corrected chi connectivity index (χ2v) is 5.37. The predicted molar refractivity (Wildman–Crippen MR) is 81.8 cm³/mol. The molecule has 1 aliphatic rings. The van der Waals surface area contributed by atoms with Crippen molar-refractivity contribution in [3.8, 4) is 0 Å². The molecule has 2 N–H and O–H groups in total. The zero-order valence-electron chi connectivity index (χ0n) is 12.2. The first-order valence-corrected chi connectivity index (χ1v) is 7.40. The van der Waals surface area contributed by atoms with Gasteiger partial charge in [-0.1, -0.05) is 6.42 Å². The van der Waals surface area contributed by atoms with Crippen LogP contribution in [0.5, 0.6) is 0 Å². The van der Waals surface area contributed by atoms with Gasteiger partial charge in [-0.2, -0.15) is 0 Å². The number of hydrogen-bond acceptors (Lipinski definition) is 4. The minimum atomic E-state index is 0.767. The molecule has 2 heterocycles. The van der Waals surface area contributed by atoms with Crippen LogP contribution in [0.2, 0.25) is 0 Å². The summed E-state index contributed by atoms with van der Waals surface area (Å²) in [5.41, 5.74) is 2.15. The third-order valence-corrected chi connectivity index (χ3v) is 3.92. The summed E-state index contributed by atoms with van der Waals surface area (Å²) in [5.74, 6) is 0. The monoisotopic (exact) mass is 262 g/mol. The van der Waals surface area contributed by atoms with E-state index in [2.05, 4.69) is 33.5 Å². The van der Waals surface area contributed by atoms with E-state index in [0.717, 1.165) is 24.0 Å². The molecule has 1 saturated heterocycles. The summed E-state index contributed by atoms with van der Waals surface area (Å²) in [6, 6.07) is 2.86. The normalized spacial score (nSPS) is 20.2. The quantitative estimate of drug-likeness (QED) is 0.773. The van der Waals surface area contributed by atoms with Crippen molar-refractivity contribution in [1.82, 2.24) is 9.88 Å². The van der Waals surface area contributed by atoms with Gasteiger partial charge in [0.25, 0.3) is 0 Å². The molecular weight excluding hydrogens is 236 g/mol. The molecule has 4 nitrogen and oxygen atoms in total. The average Bonchev–Trinajstić information content (AvgIpc) is 2.45. The van der Waals surface area contributed by atoms with Crippen molar-refractivity contribution in [3.63, 3.8) is 0 Å². The first kappa shape index (κ1) is 14.1. The largest absolute Gasteiger partial charge is 0.387 e. The first-order chi connectivity index (χ1) is 9.29. The molecule has 1 fully saturated rings. The SMILES string of the molecule is CNc1cncc(NCCCN2CCCCC2C)c1. The van der Waals surface area contributed by atoms with Gasteiger partial charge in [-0.15, -0.1) is 0 Å². The van der Waals surface area contributed by atoms with Gasteiger partial charge in [0.05, 0.1) is 23.8 Å². The Labute approximate surface area is 116 Å². The lowest BCUT2D eigenvalue weighted by atomic mass is 10.0. The van der Waals surface area contributed by atoms with E-state index >= 15 is 0 Å². The number of likely N-dealkylation sites (tertiary alicyclic amines) is 1. The second kappa shape index (κ2) is 7.34. The van der Waals surface area contributed by atoms with E-state index in [-0.39, 0.29) is 0 Å². The van der Waals surface area contributed by atoms with Gasteiger partial charge in [0.2, 0.25) is 0 Å². The molecule has 0 aliphatic carbocycles. The van der Waals surface area contributed by atoms with Crippen LogP contribution in [0.1, 0.15) is 32.6 Å². The van der Waals surface area contributed by atoms with Crippen LogP contribution in [0.3, 0.4) is 0 Å². The Bertz CT molecular complexity index is 380. The summed E-state index contributed by atoms with van der Waals surface area (Å²) in [6.07, 6.45) is 9.03. The highest BCUT2D eigenvalue weighted by molar-refractivity contribution is 5.53. The Morgan fingerprint density at radius 2 is 2.16 bits per heavy atom. The molecule has 0 aromatic carbocycles. The Hall–Kier alpha value is -1.29. The van der Waals surface area contributed by atoms with Crippen molar-refractivity contribution in [1.29, 1.82) is 0 Å². The van der Waals surface area contributed by atoms with Gasteiger partial charge in [0.1, 0.15) is 0 Å². The lowest BCUT2D eigenvalue weighted by Gasteiger charge is -2.33. The van der Waals surface area contributed by atoms with E-state index in [9.17, 15) is 0 Å². The minimum Gasteiger partial charge on any atom is -0.387 e. The Morgan fingerprint density at radius 1 is 1.32 bits per heavy atom. The van der Waals surface area contributed by atoms with E-state index in [1.165, 1.54) is 38.8 Å². The lowest BCUT2D eigenvalue weighted by molar-refractivity contribution is 0.160. The fourth-order valence-corrected chi connectivity index (χ4v) is 2.68. The summed E-state index contributed by atoms with van der Waals surface area (Å²) in [7, 11) is 1.92. The van der Waals surface area contributed by atoms with E-state index in [1.807, 2.05) is 19.4 Å². The Morgan fingerprint density at radius 3 is 2.95 bits per heavy atom. The molecule has 1 aliphatic heterocycles. The van der Waals surface area contributed by atoms with Crippen LogP contribution >= 0.6 is 0 Å². The van der Waals surface area contributed by atoms with Crippen molar-refractivity contribution >= 4 is 11.4 Å². The maximum atomic E-state index is 4.20. The zero-order valence-corrected chi connectivity index (χ0v) is 12.2. The molecule has 0 bridgehead atoms. The van der Waals surface area contributed by atoms with Crippen LogP contribution in [-0.4, -0.2) is 42.6 Å². The molecule has 0 amide bonds. The van der Waals surface area contributed by atoms with Crippen molar-refractivity contribution in [2.24, 2.45) is 0 Å². The van der Waals surface area contributed by atoms with Gasteiger partial charge in [-0.3, -0.25) is 4.98 Å². The van der Waals surface area contributed by atoms with E-state index < -0.39 is 0 Å². The summed E-state index contributed by atoms with van der Waals surface area (Å²) >= 11 is 0. The smallest absolute Gasteiger partial charge is 0.0547 e. The summed E-state index contributed by atoms with van der Waals surface area (Å²) < 4.78 is 0. The highest BCUT2D eigenvalue weighted by Crippen LogP contribution is 2.16. The van der Waals surface area contributed by atoms with Crippen molar-refractivity contribution < 1.29 is 0 Å². The number of rotatable bonds is 6. The number of anilines is 2. The van der Waals surface area contributed by atoms with Crippen LogP contribution in [0.4, 0.5) is 11.4 Å². The Kier molecular flexibility index (Phi) is 5.45. The molecule has 1 atom stereocenters. The molecule has 4 heteroatoms. The zero-order chi connectivity index (χ0) is 13.5. The highest BCUT2D eigenvalue weighted by atomic mass is 15.2. The van der Waals surface area contributed by atoms with Crippen LogP contribution in [-0.2, 0) is 0 Å². The van der Waals surface area contributed by atoms with Gasteiger partial charge in [0.15, 0.2) is 0 Å². The average molecular weight is 262 g/mol.